The first-order chi connectivity index (χ1) is 9.45. The number of anilines is 1. The van der Waals surface area contributed by atoms with Gasteiger partial charge in [-0.1, -0.05) is 15.9 Å². The number of hydrogen-bond donors (Lipinski definition) is 2. The molecule has 0 saturated carbocycles. The number of aromatic nitrogens is 3. The van der Waals surface area contributed by atoms with Crippen LogP contribution >= 0.6 is 27.7 Å². The summed E-state index contributed by atoms with van der Waals surface area (Å²) in [6.07, 6.45) is 0. The second-order valence-corrected chi connectivity index (χ2v) is 6.32. The van der Waals surface area contributed by atoms with Crippen molar-refractivity contribution >= 4 is 39.5 Å². The molecule has 2 aromatic rings. The fourth-order valence-electron chi connectivity index (χ4n) is 1.61. The van der Waals surface area contributed by atoms with Crippen molar-refractivity contribution in [2.75, 3.05) is 11.1 Å². The number of aryl methyl sites for hydroxylation is 3. The second-order valence-electron chi connectivity index (χ2n) is 4.45. The molecule has 0 bridgehead atoms. The lowest BCUT2D eigenvalue weighted by Crippen LogP contribution is -2.15. The van der Waals surface area contributed by atoms with Gasteiger partial charge in [0.15, 0.2) is 0 Å². The van der Waals surface area contributed by atoms with Crippen LogP contribution in [0.2, 0.25) is 0 Å². The van der Waals surface area contributed by atoms with Crippen molar-refractivity contribution in [3.05, 3.63) is 33.6 Å². The van der Waals surface area contributed by atoms with Crippen LogP contribution in [0.5, 0.6) is 0 Å². The molecule has 0 spiro atoms. The first-order valence-corrected chi connectivity index (χ1v) is 7.82. The number of carbonyl (C=O) groups excluding carboxylic acids is 1. The van der Waals surface area contributed by atoms with E-state index in [2.05, 4.69) is 48.6 Å². The number of nitrogens with one attached hydrogen (secondary N) is 2. The molecule has 1 aromatic heterocycles. The Hall–Kier alpha value is -1.34. The van der Waals surface area contributed by atoms with Crippen LogP contribution in [-0.4, -0.2) is 26.8 Å². The number of benzene rings is 1. The van der Waals surface area contributed by atoms with E-state index in [1.165, 1.54) is 11.8 Å². The molecule has 0 fully saturated rings. The Bertz CT molecular complexity index is 641. The van der Waals surface area contributed by atoms with E-state index in [1.54, 1.807) is 6.92 Å². The number of nitrogens with zero attached hydrogens (tertiary/aromatic N) is 2. The lowest BCUT2D eigenvalue weighted by Gasteiger charge is -2.08. The summed E-state index contributed by atoms with van der Waals surface area (Å²) in [6.45, 7) is 5.85. The third kappa shape index (κ3) is 3.83. The highest BCUT2D eigenvalue weighted by Crippen LogP contribution is 2.28. The maximum absolute atomic E-state index is 11.8. The fraction of sp³-hybridized carbons (Fsp3) is 0.308. The Morgan fingerprint density at radius 3 is 2.75 bits per heavy atom. The minimum absolute atomic E-state index is 0.117. The summed E-state index contributed by atoms with van der Waals surface area (Å²) in [5.41, 5.74) is 2.30. The molecule has 20 heavy (non-hydrogen) atoms. The van der Waals surface area contributed by atoms with Crippen molar-refractivity contribution in [1.29, 1.82) is 0 Å². The van der Waals surface area contributed by atoms with Gasteiger partial charge in [-0.25, -0.2) is 0 Å². The third-order valence-electron chi connectivity index (χ3n) is 2.66. The zero-order valence-corrected chi connectivity index (χ0v) is 13.9. The molecule has 2 N–H and O–H groups in total. The van der Waals surface area contributed by atoms with E-state index in [0.717, 1.165) is 20.5 Å². The van der Waals surface area contributed by atoms with Crippen molar-refractivity contribution in [2.24, 2.45) is 0 Å². The molecule has 1 aromatic carbocycles. The highest BCUT2D eigenvalue weighted by Gasteiger charge is 2.09. The van der Waals surface area contributed by atoms with Crippen LogP contribution in [-0.2, 0) is 4.79 Å². The zero-order chi connectivity index (χ0) is 14.7. The third-order valence-corrected chi connectivity index (χ3v) is 4.68. The topological polar surface area (TPSA) is 70.7 Å². The van der Waals surface area contributed by atoms with Gasteiger partial charge < -0.3 is 0 Å². The molecule has 0 unspecified atom stereocenters. The number of carbonyl (C=O) groups is 1. The molecule has 1 heterocycles. The van der Waals surface area contributed by atoms with E-state index in [9.17, 15) is 4.79 Å². The van der Waals surface area contributed by atoms with Gasteiger partial charge in [0.05, 0.1) is 5.75 Å². The Kier molecular flexibility index (Phi) is 4.82. The summed E-state index contributed by atoms with van der Waals surface area (Å²) in [4.78, 5) is 17.0. The SMILES string of the molecule is Cc1nc(NC(=O)CSc2cc(C)c(Br)cc2C)n[nH]1. The number of H-pyrrole nitrogens is 1. The molecule has 2 rings (SSSR count). The summed E-state index contributed by atoms with van der Waals surface area (Å²) < 4.78 is 1.08. The molecule has 0 aliphatic carbocycles. The highest BCUT2D eigenvalue weighted by molar-refractivity contribution is 9.10. The quantitative estimate of drug-likeness (QED) is 0.827. The van der Waals surface area contributed by atoms with Gasteiger partial charge in [-0.05, 0) is 44.0 Å². The molecule has 1 amide bonds. The summed E-state index contributed by atoms with van der Waals surface area (Å²) in [5, 5.41) is 9.21. The minimum Gasteiger partial charge on any atom is -0.292 e. The molecule has 5 nitrogen and oxygen atoms in total. The monoisotopic (exact) mass is 354 g/mol. The molecule has 7 heteroatoms. The molecule has 0 radical (unpaired) electrons. The Labute approximate surface area is 130 Å². The van der Waals surface area contributed by atoms with E-state index in [1.807, 2.05) is 13.8 Å². The molecule has 0 aliphatic heterocycles. The highest BCUT2D eigenvalue weighted by atomic mass is 79.9. The number of rotatable bonds is 4. The van der Waals surface area contributed by atoms with Gasteiger partial charge in [0.1, 0.15) is 5.82 Å². The van der Waals surface area contributed by atoms with Crippen molar-refractivity contribution in [3.8, 4) is 0 Å². The van der Waals surface area contributed by atoms with E-state index in [0.29, 0.717) is 17.5 Å². The van der Waals surface area contributed by atoms with Crippen LogP contribution < -0.4 is 5.32 Å². The van der Waals surface area contributed by atoms with Gasteiger partial charge in [-0.2, -0.15) is 4.98 Å². The van der Waals surface area contributed by atoms with Crippen molar-refractivity contribution < 1.29 is 4.79 Å². The van der Waals surface area contributed by atoms with Crippen LogP contribution in [0, 0.1) is 20.8 Å². The number of halogens is 1. The van der Waals surface area contributed by atoms with Crippen LogP contribution in [0.4, 0.5) is 5.95 Å². The summed E-state index contributed by atoms with van der Waals surface area (Å²) in [7, 11) is 0. The standard InChI is InChI=1S/C13H15BrN4OS/c1-7-5-11(8(2)4-10(7)14)20-6-12(19)16-13-15-9(3)17-18-13/h4-5H,6H2,1-3H3,(H2,15,16,17,18,19). The number of aromatic amines is 1. The molecule has 106 valence electrons. The summed E-state index contributed by atoms with van der Waals surface area (Å²) >= 11 is 5.00. The second kappa shape index (κ2) is 6.41. The van der Waals surface area contributed by atoms with Crippen LogP contribution in [0.3, 0.4) is 0 Å². The van der Waals surface area contributed by atoms with Crippen molar-refractivity contribution in [3.63, 3.8) is 0 Å². The smallest absolute Gasteiger partial charge is 0.248 e. The first-order valence-electron chi connectivity index (χ1n) is 6.04. The van der Waals surface area contributed by atoms with Gasteiger partial charge in [-0.3, -0.25) is 15.2 Å². The van der Waals surface area contributed by atoms with E-state index < -0.39 is 0 Å². The van der Waals surface area contributed by atoms with E-state index in [-0.39, 0.29) is 5.91 Å². The van der Waals surface area contributed by atoms with Gasteiger partial charge >= 0.3 is 0 Å². The molecular weight excluding hydrogens is 340 g/mol. The van der Waals surface area contributed by atoms with Crippen LogP contribution in [0.1, 0.15) is 17.0 Å². The molecule has 0 saturated heterocycles. The minimum atomic E-state index is -0.117. The maximum Gasteiger partial charge on any atom is 0.248 e. The lowest BCUT2D eigenvalue weighted by molar-refractivity contribution is -0.113. The lowest BCUT2D eigenvalue weighted by atomic mass is 10.2. The van der Waals surface area contributed by atoms with Crippen LogP contribution in [0.15, 0.2) is 21.5 Å². The maximum atomic E-state index is 11.8. The molecule has 0 aliphatic rings. The Morgan fingerprint density at radius 1 is 1.35 bits per heavy atom. The molecular formula is C13H15BrN4OS. The van der Waals surface area contributed by atoms with Gasteiger partial charge in [0.2, 0.25) is 11.9 Å². The van der Waals surface area contributed by atoms with E-state index in [4.69, 9.17) is 0 Å². The number of hydrogen-bond acceptors (Lipinski definition) is 4. The number of amides is 1. The average molecular weight is 355 g/mol. The Morgan fingerprint density at radius 2 is 2.10 bits per heavy atom. The van der Waals surface area contributed by atoms with Crippen LogP contribution in [0.25, 0.3) is 0 Å². The van der Waals surface area contributed by atoms with Gasteiger partial charge in [0, 0.05) is 9.37 Å². The predicted molar refractivity (Wildman–Crippen MR) is 84.1 cm³/mol. The normalized spacial score (nSPS) is 10.6. The Balaban J connectivity index is 1.95. The van der Waals surface area contributed by atoms with Gasteiger partial charge in [-0.15, -0.1) is 16.9 Å². The zero-order valence-electron chi connectivity index (χ0n) is 11.5. The van der Waals surface area contributed by atoms with Crippen molar-refractivity contribution in [2.45, 2.75) is 25.7 Å². The van der Waals surface area contributed by atoms with E-state index >= 15 is 0 Å². The average Bonchev–Trinajstić information content (AvgIpc) is 2.77. The molecule has 0 atom stereocenters. The first kappa shape index (κ1) is 15.1. The predicted octanol–water partition coefficient (Wildman–Crippen LogP) is 3.22. The van der Waals surface area contributed by atoms with Gasteiger partial charge in [0.25, 0.3) is 0 Å². The summed E-state index contributed by atoms with van der Waals surface area (Å²) in [5.74, 6) is 1.20. The largest absolute Gasteiger partial charge is 0.292 e. The number of thioether (sulfide) groups is 1. The van der Waals surface area contributed by atoms with Crippen molar-refractivity contribution in [1.82, 2.24) is 15.2 Å². The fourth-order valence-corrected chi connectivity index (χ4v) is 2.98. The summed E-state index contributed by atoms with van der Waals surface area (Å²) in [6, 6.07) is 4.14.